The van der Waals surface area contributed by atoms with Gasteiger partial charge in [-0.3, -0.25) is 0 Å². The summed E-state index contributed by atoms with van der Waals surface area (Å²) < 4.78 is 16.0. The van der Waals surface area contributed by atoms with Crippen LogP contribution in [0.5, 0.6) is 11.5 Å². The van der Waals surface area contributed by atoms with Crippen LogP contribution in [0.25, 0.3) is 11.6 Å². The molecule has 25 heavy (non-hydrogen) atoms. The predicted molar refractivity (Wildman–Crippen MR) is 100 cm³/mol. The summed E-state index contributed by atoms with van der Waals surface area (Å²) in [4.78, 5) is 3.36. The molecule has 6 heteroatoms. The average molecular weight is 356 g/mol. The first kappa shape index (κ1) is 17.3. The van der Waals surface area contributed by atoms with E-state index in [0.29, 0.717) is 17.1 Å². The minimum Gasteiger partial charge on any atom is -0.493 e. The van der Waals surface area contributed by atoms with Gasteiger partial charge in [0, 0.05) is 18.0 Å². The molecule has 5 nitrogen and oxygen atoms in total. The summed E-state index contributed by atoms with van der Waals surface area (Å²) in [5.41, 5.74) is 1.40. The van der Waals surface area contributed by atoms with Gasteiger partial charge in [0.1, 0.15) is 0 Å². The number of hydrogen-bond acceptors (Lipinski definition) is 6. The first-order valence-corrected chi connectivity index (χ1v) is 8.83. The van der Waals surface area contributed by atoms with Gasteiger partial charge < -0.3 is 19.1 Å². The number of methoxy groups -OCH3 is 2. The topological polar surface area (TPSA) is 54.7 Å². The molecule has 2 heterocycles. The minimum atomic E-state index is 0.594. The van der Waals surface area contributed by atoms with Gasteiger partial charge in [-0.1, -0.05) is 0 Å². The van der Waals surface area contributed by atoms with E-state index in [1.54, 1.807) is 25.6 Å². The van der Waals surface area contributed by atoms with Crippen LogP contribution in [0.15, 0.2) is 30.3 Å². The molecule has 0 N–H and O–H groups in total. The second kappa shape index (κ2) is 8.06. The van der Waals surface area contributed by atoms with Gasteiger partial charge in [0.15, 0.2) is 11.5 Å². The zero-order valence-corrected chi connectivity index (χ0v) is 15.1. The highest BCUT2D eigenvalue weighted by Gasteiger charge is 2.13. The fraction of sp³-hybridized carbons (Fsp3) is 0.316. The summed E-state index contributed by atoms with van der Waals surface area (Å²) in [7, 11) is 3.18. The number of nitriles is 1. The molecule has 1 aromatic heterocycles. The second-order valence-corrected chi connectivity index (χ2v) is 6.61. The Bertz CT molecular complexity index is 801. The van der Waals surface area contributed by atoms with E-state index in [2.05, 4.69) is 17.0 Å². The third-order valence-corrected chi connectivity index (χ3v) is 5.13. The van der Waals surface area contributed by atoms with Gasteiger partial charge in [0.05, 0.1) is 44.1 Å². The zero-order chi connectivity index (χ0) is 17.6. The molecule has 1 fully saturated rings. The Balaban J connectivity index is 1.86. The lowest BCUT2D eigenvalue weighted by molar-refractivity contribution is 0.123. The van der Waals surface area contributed by atoms with Crippen LogP contribution in [0.4, 0.5) is 5.00 Å². The van der Waals surface area contributed by atoms with Crippen molar-refractivity contribution in [3.05, 3.63) is 40.8 Å². The van der Waals surface area contributed by atoms with Crippen molar-refractivity contribution in [1.82, 2.24) is 0 Å². The van der Waals surface area contributed by atoms with Crippen molar-refractivity contribution in [2.75, 3.05) is 45.4 Å². The largest absolute Gasteiger partial charge is 0.493 e. The molecule has 1 aromatic carbocycles. The molecule has 3 rings (SSSR count). The molecular weight excluding hydrogens is 336 g/mol. The van der Waals surface area contributed by atoms with E-state index in [9.17, 15) is 5.26 Å². The van der Waals surface area contributed by atoms with Gasteiger partial charge in [0.2, 0.25) is 0 Å². The molecule has 0 radical (unpaired) electrons. The van der Waals surface area contributed by atoms with Crippen LogP contribution >= 0.6 is 11.3 Å². The molecule has 1 saturated heterocycles. The molecular formula is C19H20N2O3S. The standard InChI is InChI=1S/C19H20N2O3S/c1-22-17-5-3-14(12-18(17)23-2)15(13-20)11-16-4-6-19(25-16)21-7-9-24-10-8-21/h3-6,11-12H,7-10H2,1-2H3/b15-11+. The number of thiophene rings is 1. The Morgan fingerprint density at radius 2 is 1.92 bits per heavy atom. The smallest absolute Gasteiger partial charge is 0.161 e. The first-order valence-electron chi connectivity index (χ1n) is 8.02. The molecule has 1 aliphatic heterocycles. The van der Waals surface area contributed by atoms with Gasteiger partial charge in [-0.15, -0.1) is 11.3 Å². The van der Waals surface area contributed by atoms with E-state index in [1.807, 2.05) is 30.3 Å². The van der Waals surface area contributed by atoms with Crippen LogP contribution in [0.3, 0.4) is 0 Å². The predicted octanol–water partition coefficient (Wildman–Crippen LogP) is 3.67. The Labute approximate surface area is 151 Å². The maximum absolute atomic E-state index is 9.57. The highest BCUT2D eigenvalue weighted by atomic mass is 32.1. The van der Waals surface area contributed by atoms with Crippen molar-refractivity contribution in [2.45, 2.75) is 0 Å². The van der Waals surface area contributed by atoms with Gasteiger partial charge in [0.25, 0.3) is 0 Å². The fourth-order valence-corrected chi connectivity index (χ4v) is 3.70. The molecule has 0 spiro atoms. The van der Waals surface area contributed by atoms with Crippen molar-refractivity contribution in [3.63, 3.8) is 0 Å². The number of ether oxygens (including phenoxy) is 3. The van der Waals surface area contributed by atoms with Gasteiger partial charge >= 0.3 is 0 Å². The molecule has 0 amide bonds. The lowest BCUT2D eigenvalue weighted by Gasteiger charge is -2.27. The fourth-order valence-electron chi connectivity index (χ4n) is 2.70. The SMILES string of the molecule is COc1ccc(/C(C#N)=C/c2ccc(N3CCOCC3)s2)cc1OC. The van der Waals surface area contributed by atoms with Crippen LogP contribution in [0.2, 0.25) is 0 Å². The Morgan fingerprint density at radius 1 is 1.16 bits per heavy atom. The van der Waals surface area contributed by atoms with E-state index in [0.717, 1.165) is 36.7 Å². The third kappa shape index (κ3) is 3.95. The van der Waals surface area contributed by atoms with Crippen molar-refractivity contribution in [1.29, 1.82) is 5.26 Å². The highest BCUT2D eigenvalue weighted by Crippen LogP contribution is 2.33. The molecule has 130 valence electrons. The summed E-state index contributed by atoms with van der Waals surface area (Å²) in [6, 6.07) is 11.9. The van der Waals surface area contributed by atoms with Crippen LogP contribution in [-0.4, -0.2) is 40.5 Å². The zero-order valence-electron chi connectivity index (χ0n) is 14.3. The summed E-state index contributed by atoms with van der Waals surface area (Å²) in [5.74, 6) is 1.26. The Kier molecular flexibility index (Phi) is 5.59. The first-order chi connectivity index (χ1) is 12.2. The summed E-state index contributed by atoms with van der Waals surface area (Å²) in [6.07, 6.45) is 1.91. The lowest BCUT2D eigenvalue weighted by atomic mass is 10.1. The maximum Gasteiger partial charge on any atom is 0.161 e. The van der Waals surface area contributed by atoms with E-state index in [4.69, 9.17) is 14.2 Å². The number of hydrogen-bond donors (Lipinski definition) is 0. The third-order valence-electron chi connectivity index (χ3n) is 4.04. The number of rotatable bonds is 5. The van der Waals surface area contributed by atoms with Crippen molar-refractivity contribution in [2.24, 2.45) is 0 Å². The van der Waals surface area contributed by atoms with Gasteiger partial charge in [-0.05, 0) is 42.0 Å². The molecule has 0 bridgehead atoms. The summed E-state index contributed by atoms with van der Waals surface area (Å²) in [6.45, 7) is 3.34. The normalized spacial score (nSPS) is 14.9. The molecule has 2 aromatic rings. The van der Waals surface area contributed by atoms with Gasteiger partial charge in [-0.2, -0.15) is 5.26 Å². The van der Waals surface area contributed by atoms with Crippen LogP contribution in [0, 0.1) is 11.3 Å². The molecule has 0 saturated carbocycles. The molecule has 0 aliphatic carbocycles. The number of anilines is 1. The van der Waals surface area contributed by atoms with Gasteiger partial charge in [-0.25, -0.2) is 0 Å². The molecule has 0 atom stereocenters. The van der Waals surface area contributed by atoms with Crippen LogP contribution in [-0.2, 0) is 4.74 Å². The average Bonchev–Trinajstić information content (AvgIpc) is 3.15. The van der Waals surface area contributed by atoms with E-state index in [1.165, 1.54) is 5.00 Å². The quantitative estimate of drug-likeness (QED) is 0.765. The number of nitrogens with zero attached hydrogens (tertiary/aromatic N) is 2. The second-order valence-electron chi connectivity index (χ2n) is 5.52. The van der Waals surface area contributed by atoms with Crippen molar-refractivity contribution >= 4 is 28.0 Å². The Hall–Kier alpha value is -2.49. The Morgan fingerprint density at radius 3 is 2.60 bits per heavy atom. The van der Waals surface area contributed by atoms with Crippen molar-refractivity contribution in [3.8, 4) is 17.6 Å². The number of benzene rings is 1. The summed E-state index contributed by atoms with van der Waals surface area (Å²) >= 11 is 1.68. The molecule has 1 aliphatic rings. The lowest BCUT2D eigenvalue weighted by Crippen LogP contribution is -2.35. The van der Waals surface area contributed by atoms with E-state index >= 15 is 0 Å². The monoisotopic (exact) mass is 356 g/mol. The highest BCUT2D eigenvalue weighted by molar-refractivity contribution is 7.17. The van der Waals surface area contributed by atoms with E-state index < -0.39 is 0 Å². The van der Waals surface area contributed by atoms with Crippen molar-refractivity contribution < 1.29 is 14.2 Å². The summed E-state index contributed by atoms with van der Waals surface area (Å²) in [5, 5.41) is 10.8. The van der Waals surface area contributed by atoms with Crippen LogP contribution in [0.1, 0.15) is 10.4 Å². The molecule has 0 unspecified atom stereocenters. The number of morpholine rings is 1. The number of allylic oxidation sites excluding steroid dienone is 1. The van der Waals surface area contributed by atoms with E-state index in [-0.39, 0.29) is 0 Å². The minimum absolute atomic E-state index is 0.594. The van der Waals surface area contributed by atoms with Crippen LogP contribution < -0.4 is 14.4 Å². The maximum atomic E-state index is 9.57.